The Bertz CT molecular complexity index is 339. The fourth-order valence-corrected chi connectivity index (χ4v) is 1.80. The standard InChI is InChI=1S/C11H15NO2S/c1-8(13)7-15-11(14)6-9-4-2-3-5-10(9)12/h2-5,8,13H,6-7,12H2,1H3. The molecule has 0 aromatic heterocycles. The lowest BCUT2D eigenvalue weighted by Crippen LogP contribution is -2.08. The van der Waals surface area contributed by atoms with E-state index < -0.39 is 6.10 Å². The summed E-state index contributed by atoms with van der Waals surface area (Å²) in [5.41, 5.74) is 7.20. The summed E-state index contributed by atoms with van der Waals surface area (Å²) >= 11 is 1.14. The zero-order valence-electron chi connectivity index (χ0n) is 8.64. The van der Waals surface area contributed by atoms with Gasteiger partial charge in [-0.05, 0) is 18.6 Å². The predicted octanol–water partition coefficient (Wildman–Crippen LogP) is 1.45. The minimum Gasteiger partial charge on any atom is -0.398 e. The molecule has 15 heavy (non-hydrogen) atoms. The van der Waals surface area contributed by atoms with Crippen molar-refractivity contribution in [1.82, 2.24) is 0 Å². The Labute approximate surface area is 93.7 Å². The summed E-state index contributed by atoms with van der Waals surface area (Å²) in [4.78, 5) is 11.5. The van der Waals surface area contributed by atoms with Crippen molar-refractivity contribution in [3.05, 3.63) is 29.8 Å². The number of nitrogen functional groups attached to an aromatic ring is 1. The number of aliphatic hydroxyl groups is 1. The van der Waals surface area contributed by atoms with Crippen LogP contribution in [-0.4, -0.2) is 22.1 Å². The minimum atomic E-state index is -0.452. The number of nitrogens with two attached hydrogens (primary N) is 1. The molecule has 82 valence electrons. The summed E-state index contributed by atoms with van der Waals surface area (Å²) < 4.78 is 0. The van der Waals surface area contributed by atoms with Crippen molar-refractivity contribution in [3.8, 4) is 0 Å². The molecule has 3 N–H and O–H groups in total. The smallest absolute Gasteiger partial charge is 0.193 e. The summed E-state index contributed by atoms with van der Waals surface area (Å²) in [6.45, 7) is 1.66. The van der Waals surface area contributed by atoms with Crippen molar-refractivity contribution in [2.45, 2.75) is 19.4 Å². The number of thioether (sulfide) groups is 1. The fourth-order valence-electron chi connectivity index (χ4n) is 1.12. The fraction of sp³-hybridized carbons (Fsp3) is 0.364. The van der Waals surface area contributed by atoms with Crippen LogP contribution in [0.25, 0.3) is 0 Å². The first kappa shape index (κ1) is 12.1. The molecule has 0 aliphatic rings. The summed E-state index contributed by atoms with van der Waals surface area (Å²) in [6, 6.07) is 7.32. The molecule has 0 saturated carbocycles. The van der Waals surface area contributed by atoms with Gasteiger partial charge in [-0.15, -0.1) is 0 Å². The molecule has 1 aromatic carbocycles. The first-order valence-electron chi connectivity index (χ1n) is 4.76. The number of carbonyl (C=O) groups is 1. The average Bonchev–Trinajstić information content (AvgIpc) is 2.18. The second-order valence-corrected chi connectivity index (χ2v) is 4.48. The van der Waals surface area contributed by atoms with E-state index in [1.165, 1.54) is 0 Å². The lowest BCUT2D eigenvalue weighted by atomic mass is 10.1. The number of hydrogen-bond donors (Lipinski definition) is 2. The molecule has 1 unspecified atom stereocenters. The molecule has 0 saturated heterocycles. The molecule has 0 heterocycles. The third-order valence-electron chi connectivity index (χ3n) is 1.88. The normalized spacial score (nSPS) is 12.4. The molecule has 0 aliphatic heterocycles. The monoisotopic (exact) mass is 225 g/mol. The van der Waals surface area contributed by atoms with Gasteiger partial charge in [-0.2, -0.15) is 0 Å². The van der Waals surface area contributed by atoms with E-state index in [9.17, 15) is 4.79 Å². The van der Waals surface area contributed by atoms with Crippen LogP contribution in [0, 0.1) is 0 Å². The second kappa shape index (κ2) is 5.78. The van der Waals surface area contributed by atoms with Crippen LogP contribution >= 0.6 is 11.8 Å². The van der Waals surface area contributed by atoms with Gasteiger partial charge in [-0.1, -0.05) is 30.0 Å². The second-order valence-electron chi connectivity index (χ2n) is 3.41. The molecule has 0 amide bonds. The Morgan fingerprint density at radius 3 is 2.80 bits per heavy atom. The molecule has 0 aliphatic carbocycles. The molecule has 0 spiro atoms. The third-order valence-corrected chi connectivity index (χ3v) is 2.99. The summed E-state index contributed by atoms with van der Waals surface area (Å²) in [5.74, 6) is 0.436. The van der Waals surface area contributed by atoms with E-state index in [-0.39, 0.29) is 5.12 Å². The van der Waals surface area contributed by atoms with Crippen LogP contribution < -0.4 is 5.73 Å². The van der Waals surface area contributed by atoms with E-state index in [2.05, 4.69) is 0 Å². The first-order valence-corrected chi connectivity index (χ1v) is 5.75. The Morgan fingerprint density at radius 2 is 2.20 bits per heavy atom. The quantitative estimate of drug-likeness (QED) is 0.761. The van der Waals surface area contributed by atoms with Gasteiger partial charge in [0.15, 0.2) is 5.12 Å². The number of para-hydroxylation sites is 1. The molecule has 3 nitrogen and oxygen atoms in total. The highest BCUT2D eigenvalue weighted by Gasteiger charge is 2.08. The molecular formula is C11H15NO2S. The first-order chi connectivity index (χ1) is 7.09. The van der Waals surface area contributed by atoms with E-state index in [0.717, 1.165) is 17.3 Å². The SMILES string of the molecule is CC(O)CSC(=O)Cc1ccccc1N. The highest BCUT2D eigenvalue weighted by Crippen LogP contribution is 2.15. The Balaban J connectivity index is 2.48. The Hall–Kier alpha value is -1.00. The van der Waals surface area contributed by atoms with E-state index in [0.29, 0.717) is 17.9 Å². The van der Waals surface area contributed by atoms with Crippen LogP contribution in [0.3, 0.4) is 0 Å². The zero-order valence-corrected chi connectivity index (χ0v) is 9.46. The minimum absolute atomic E-state index is 0.0359. The van der Waals surface area contributed by atoms with E-state index >= 15 is 0 Å². The van der Waals surface area contributed by atoms with Gasteiger partial charge in [0.2, 0.25) is 0 Å². The summed E-state index contributed by atoms with van der Waals surface area (Å²) in [6.07, 6.45) is -0.128. The number of benzene rings is 1. The molecular weight excluding hydrogens is 210 g/mol. The lowest BCUT2D eigenvalue weighted by Gasteiger charge is -2.05. The number of hydrogen-bond acceptors (Lipinski definition) is 4. The lowest BCUT2D eigenvalue weighted by molar-refractivity contribution is -0.110. The van der Waals surface area contributed by atoms with Gasteiger partial charge < -0.3 is 10.8 Å². The summed E-state index contributed by atoms with van der Waals surface area (Å²) in [7, 11) is 0. The van der Waals surface area contributed by atoms with Crippen molar-refractivity contribution < 1.29 is 9.90 Å². The van der Waals surface area contributed by atoms with Gasteiger partial charge in [-0.25, -0.2) is 0 Å². The van der Waals surface area contributed by atoms with Crippen molar-refractivity contribution in [1.29, 1.82) is 0 Å². The van der Waals surface area contributed by atoms with Crippen LogP contribution in [-0.2, 0) is 11.2 Å². The summed E-state index contributed by atoms with van der Waals surface area (Å²) in [5, 5.41) is 9.06. The number of anilines is 1. The van der Waals surface area contributed by atoms with Crippen molar-refractivity contribution in [2.24, 2.45) is 0 Å². The number of aliphatic hydroxyl groups excluding tert-OH is 1. The molecule has 1 aromatic rings. The van der Waals surface area contributed by atoms with Gasteiger partial charge in [0.25, 0.3) is 0 Å². The van der Waals surface area contributed by atoms with Crippen LogP contribution in [0.1, 0.15) is 12.5 Å². The van der Waals surface area contributed by atoms with Crippen LogP contribution in [0.2, 0.25) is 0 Å². The average molecular weight is 225 g/mol. The van der Waals surface area contributed by atoms with Gasteiger partial charge in [0, 0.05) is 17.9 Å². The Kier molecular flexibility index (Phi) is 4.65. The predicted molar refractivity (Wildman–Crippen MR) is 63.7 cm³/mol. The highest BCUT2D eigenvalue weighted by atomic mass is 32.2. The van der Waals surface area contributed by atoms with Crippen LogP contribution in [0.15, 0.2) is 24.3 Å². The van der Waals surface area contributed by atoms with Gasteiger partial charge >= 0.3 is 0 Å². The zero-order chi connectivity index (χ0) is 11.3. The van der Waals surface area contributed by atoms with Gasteiger partial charge in [-0.3, -0.25) is 4.79 Å². The van der Waals surface area contributed by atoms with Crippen molar-refractivity contribution in [2.75, 3.05) is 11.5 Å². The molecule has 0 bridgehead atoms. The Morgan fingerprint density at radius 1 is 1.53 bits per heavy atom. The van der Waals surface area contributed by atoms with E-state index in [1.54, 1.807) is 13.0 Å². The largest absolute Gasteiger partial charge is 0.398 e. The molecule has 0 radical (unpaired) electrons. The molecule has 0 fully saturated rings. The molecule has 1 rings (SSSR count). The van der Waals surface area contributed by atoms with E-state index in [1.807, 2.05) is 18.2 Å². The van der Waals surface area contributed by atoms with Crippen molar-refractivity contribution in [3.63, 3.8) is 0 Å². The molecule has 1 atom stereocenters. The maximum atomic E-state index is 11.5. The maximum absolute atomic E-state index is 11.5. The molecule has 4 heteroatoms. The van der Waals surface area contributed by atoms with E-state index in [4.69, 9.17) is 10.8 Å². The maximum Gasteiger partial charge on any atom is 0.193 e. The number of rotatable bonds is 4. The highest BCUT2D eigenvalue weighted by molar-refractivity contribution is 8.13. The number of carbonyl (C=O) groups excluding carboxylic acids is 1. The topological polar surface area (TPSA) is 63.3 Å². The third kappa shape index (κ3) is 4.36. The van der Waals surface area contributed by atoms with Crippen LogP contribution in [0.4, 0.5) is 5.69 Å². The van der Waals surface area contributed by atoms with Gasteiger partial charge in [0.05, 0.1) is 6.10 Å². The van der Waals surface area contributed by atoms with Crippen LogP contribution in [0.5, 0.6) is 0 Å². The van der Waals surface area contributed by atoms with Gasteiger partial charge in [0.1, 0.15) is 0 Å². The van der Waals surface area contributed by atoms with Crippen molar-refractivity contribution >= 4 is 22.6 Å².